The lowest BCUT2D eigenvalue weighted by Gasteiger charge is -2.38. The van der Waals surface area contributed by atoms with Gasteiger partial charge in [-0.15, -0.1) is 0 Å². The van der Waals surface area contributed by atoms with Crippen molar-refractivity contribution in [2.75, 3.05) is 7.11 Å². The summed E-state index contributed by atoms with van der Waals surface area (Å²) in [6.45, 7) is 0. The molecule has 0 unspecified atom stereocenters. The van der Waals surface area contributed by atoms with Gasteiger partial charge in [-0.1, -0.05) is 84.9 Å². The van der Waals surface area contributed by atoms with Crippen LogP contribution in [0.5, 0.6) is 11.5 Å². The molecule has 0 aliphatic carbocycles. The number of rotatable bonds is 4. The molecular formula is C29H24N2O2. The van der Waals surface area contributed by atoms with Crippen LogP contribution >= 0.6 is 0 Å². The quantitative estimate of drug-likeness (QED) is 0.364. The average Bonchev–Trinajstić information content (AvgIpc) is 3.35. The molecule has 0 saturated heterocycles. The van der Waals surface area contributed by atoms with Gasteiger partial charge in [-0.3, -0.25) is 0 Å². The number of para-hydroxylation sites is 2. The fraction of sp³-hybridized carbons (Fsp3) is 0.138. The molecule has 33 heavy (non-hydrogen) atoms. The van der Waals surface area contributed by atoms with Crippen LogP contribution in [0.25, 0.3) is 11.1 Å². The molecule has 2 aliphatic rings. The Hall–Kier alpha value is -4.05. The molecule has 162 valence electrons. The van der Waals surface area contributed by atoms with Crippen molar-refractivity contribution in [2.24, 2.45) is 5.10 Å². The lowest BCUT2D eigenvalue weighted by molar-refractivity contribution is -0.0203. The Kier molecular flexibility index (Phi) is 4.84. The number of methoxy groups -OCH3 is 1. The van der Waals surface area contributed by atoms with Gasteiger partial charge >= 0.3 is 0 Å². The summed E-state index contributed by atoms with van der Waals surface area (Å²) >= 11 is 0. The summed E-state index contributed by atoms with van der Waals surface area (Å²) < 4.78 is 12.1. The maximum atomic E-state index is 6.47. The van der Waals surface area contributed by atoms with Gasteiger partial charge in [-0.2, -0.15) is 5.10 Å². The number of nitrogens with zero attached hydrogens (tertiary/aromatic N) is 2. The summed E-state index contributed by atoms with van der Waals surface area (Å²) in [7, 11) is 1.69. The third kappa shape index (κ3) is 3.44. The lowest BCUT2D eigenvalue weighted by atomic mass is 9.95. The third-order valence-corrected chi connectivity index (χ3v) is 6.43. The third-order valence-electron chi connectivity index (χ3n) is 6.43. The molecule has 4 aromatic carbocycles. The summed E-state index contributed by atoms with van der Waals surface area (Å²) in [5.41, 5.74) is 6.78. The molecular weight excluding hydrogens is 408 g/mol. The van der Waals surface area contributed by atoms with Gasteiger partial charge in [0, 0.05) is 12.0 Å². The second-order valence-corrected chi connectivity index (χ2v) is 8.34. The first-order chi connectivity index (χ1) is 16.3. The molecule has 6 rings (SSSR count). The van der Waals surface area contributed by atoms with Gasteiger partial charge in [0.1, 0.15) is 11.5 Å². The Morgan fingerprint density at radius 3 is 2.15 bits per heavy atom. The van der Waals surface area contributed by atoms with E-state index in [-0.39, 0.29) is 12.3 Å². The fourth-order valence-electron chi connectivity index (χ4n) is 4.77. The van der Waals surface area contributed by atoms with E-state index < -0.39 is 0 Å². The first-order valence-corrected chi connectivity index (χ1v) is 11.2. The summed E-state index contributed by atoms with van der Waals surface area (Å²) in [6.07, 6.45) is 0.485. The highest BCUT2D eigenvalue weighted by atomic mass is 16.5. The van der Waals surface area contributed by atoms with Crippen molar-refractivity contribution in [3.05, 3.63) is 120 Å². The van der Waals surface area contributed by atoms with Gasteiger partial charge in [0.2, 0.25) is 6.23 Å². The van der Waals surface area contributed by atoms with Gasteiger partial charge in [-0.05, 0) is 34.9 Å². The van der Waals surface area contributed by atoms with Gasteiger partial charge in [0.25, 0.3) is 0 Å². The molecule has 0 spiro atoms. The minimum atomic E-state index is -0.345. The van der Waals surface area contributed by atoms with E-state index in [1.54, 1.807) is 7.11 Å². The van der Waals surface area contributed by atoms with Crippen molar-refractivity contribution in [3.8, 4) is 22.6 Å². The largest absolute Gasteiger partial charge is 0.496 e. The van der Waals surface area contributed by atoms with E-state index in [0.717, 1.165) is 34.8 Å². The van der Waals surface area contributed by atoms with Crippen LogP contribution in [0.2, 0.25) is 0 Å². The van der Waals surface area contributed by atoms with Crippen LogP contribution in [0.3, 0.4) is 0 Å². The Morgan fingerprint density at radius 2 is 1.36 bits per heavy atom. The lowest BCUT2D eigenvalue weighted by Crippen LogP contribution is -2.33. The first-order valence-electron chi connectivity index (χ1n) is 11.2. The molecule has 4 aromatic rings. The van der Waals surface area contributed by atoms with E-state index in [0.29, 0.717) is 0 Å². The van der Waals surface area contributed by atoms with E-state index >= 15 is 0 Å². The predicted molar refractivity (Wildman–Crippen MR) is 130 cm³/mol. The number of fused-ring (bicyclic) bond motifs is 3. The van der Waals surface area contributed by atoms with Crippen molar-refractivity contribution in [2.45, 2.75) is 18.7 Å². The Morgan fingerprint density at radius 1 is 0.727 bits per heavy atom. The molecule has 0 saturated carbocycles. The summed E-state index contributed by atoms with van der Waals surface area (Å²) in [6, 6.07) is 35.5. The molecule has 2 aliphatic heterocycles. The molecule has 0 aromatic heterocycles. The summed E-state index contributed by atoms with van der Waals surface area (Å²) in [5, 5.41) is 7.18. The van der Waals surface area contributed by atoms with Crippen molar-refractivity contribution in [1.29, 1.82) is 0 Å². The van der Waals surface area contributed by atoms with Crippen molar-refractivity contribution < 1.29 is 9.47 Å². The Balaban J connectivity index is 1.38. The van der Waals surface area contributed by atoms with E-state index in [2.05, 4.69) is 71.7 Å². The zero-order chi connectivity index (χ0) is 22.2. The maximum Gasteiger partial charge on any atom is 0.217 e. The smallest absolute Gasteiger partial charge is 0.217 e. The molecule has 0 amide bonds. The number of benzene rings is 4. The number of hydrogen-bond donors (Lipinski definition) is 0. The molecule has 0 bridgehead atoms. The Labute approximate surface area is 193 Å². The van der Waals surface area contributed by atoms with Crippen LogP contribution < -0.4 is 9.47 Å². The van der Waals surface area contributed by atoms with E-state index in [1.807, 2.05) is 36.4 Å². The first kappa shape index (κ1) is 19.6. The van der Waals surface area contributed by atoms with E-state index in [9.17, 15) is 0 Å². The second kappa shape index (κ2) is 8.14. The highest BCUT2D eigenvalue weighted by Crippen LogP contribution is 2.48. The minimum absolute atomic E-state index is 0.119. The topological polar surface area (TPSA) is 34.1 Å². The molecule has 2 atom stereocenters. The normalized spacial score (nSPS) is 18.7. The fourth-order valence-corrected chi connectivity index (χ4v) is 4.77. The molecule has 4 nitrogen and oxygen atoms in total. The molecule has 0 radical (unpaired) electrons. The molecule has 2 heterocycles. The van der Waals surface area contributed by atoms with Crippen LogP contribution in [-0.2, 0) is 0 Å². The van der Waals surface area contributed by atoms with Crippen LogP contribution in [0.1, 0.15) is 35.4 Å². The molecule has 4 heteroatoms. The Bertz CT molecular complexity index is 1320. The van der Waals surface area contributed by atoms with Crippen LogP contribution in [0.4, 0.5) is 0 Å². The zero-order valence-electron chi connectivity index (χ0n) is 18.4. The summed E-state index contributed by atoms with van der Waals surface area (Å²) in [4.78, 5) is 0. The van der Waals surface area contributed by atoms with Gasteiger partial charge in [-0.25, -0.2) is 5.01 Å². The van der Waals surface area contributed by atoms with Crippen molar-refractivity contribution >= 4 is 5.71 Å². The SMILES string of the molecule is COc1ccccc1[C@@H]1Oc2ccccc2[C@@H]2CC(c3ccc(-c4ccccc4)cc3)=NN21. The van der Waals surface area contributed by atoms with Crippen LogP contribution in [0.15, 0.2) is 108 Å². The number of hydrazone groups is 1. The molecule has 0 fully saturated rings. The van der Waals surface area contributed by atoms with Gasteiger partial charge in [0.05, 0.1) is 24.4 Å². The highest BCUT2D eigenvalue weighted by molar-refractivity contribution is 6.02. The zero-order valence-corrected chi connectivity index (χ0v) is 18.4. The number of ether oxygens (including phenoxy) is 2. The van der Waals surface area contributed by atoms with Gasteiger partial charge in [0.15, 0.2) is 0 Å². The number of hydrogen-bond acceptors (Lipinski definition) is 4. The maximum absolute atomic E-state index is 6.47. The predicted octanol–water partition coefficient (Wildman–Crippen LogP) is 6.60. The van der Waals surface area contributed by atoms with Gasteiger partial charge < -0.3 is 9.47 Å². The highest BCUT2D eigenvalue weighted by Gasteiger charge is 2.41. The van der Waals surface area contributed by atoms with E-state index in [4.69, 9.17) is 14.6 Å². The van der Waals surface area contributed by atoms with Crippen LogP contribution in [0, 0.1) is 0 Å². The van der Waals surface area contributed by atoms with Crippen molar-refractivity contribution in [3.63, 3.8) is 0 Å². The second-order valence-electron chi connectivity index (χ2n) is 8.34. The minimum Gasteiger partial charge on any atom is -0.496 e. The average molecular weight is 433 g/mol. The van der Waals surface area contributed by atoms with E-state index in [1.165, 1.54) is 16.7 Å². The monoisotopic (exact) mass is 432 g/mol. The molecule has 0 N–H and O–H groups in total. The van der Waals surface area contributed by atoms with Crippen molar-refractivity contribution in [1.82, 2.24) is 5.01 Å². The summed E-state index contributed by atoms with van der Waals surface area (Å²) in [5.74, 6) is 1.71. The van der Waals surface area contributed by atoms with Crippen LogP contribution in [-0.4, -0.2) is 17.8 Å². The standard InChI is InChI=1S/C29H24N2O2/c1-32-27-13-7-6-12-24(27)29-31-26(23-11-5-8-14-28(23)33-29)19-25(30-31)22-17-15-21(16-18-22)20-9-3-2-4-10-20/h2-18,26,29H,19H2,1H3/t26-,29-/m0/s1.